The molecule has 0 aromatic heterocycles. The van der Waals surface area contributed by atoms with Crippen molar-refractivity contribution in [1.29, 1.82) is 0 Å². The van der Waals surface area contributed by atoms with Gasteiger partial charge in [-0.15, -0.1) is 48.1 Å². The Morgan fingerprint density at radius 1 is 0.712 bits per heavy atom. The summed E-state index contributed by atoms with van der Waals surface area (Å²) in [5.74, 6) is 3.94. The van der Waals surface area contributed by atoms with E-state index in [-0.39, 0.29) is 289 Å². The van der Waals surface area contributed by atoms with E-state index in [4.69, 9.17) is 10.5 Å². The van der Waals surface area contributed by atoms with Gasteiger partial charge in [0.1, 0.15) is 41.2 Å². The maximum atomic E-state index is 11.4. The van der Waals surface area contributed by atoms with Crippen LogP contribution in [0.4, 0.5) is 0 Å². The van der Waals surface area contributed by atoms with Gasteiger partial charge in [-0.05, 0) is 117 Å². The molecule has 4 N–H and O–H groups in total. The molecule has 0 saturated carbocycles. The van der Waals surface area contributed by atoms with Gasteiger partial charge in [-0.2, -0.15) is 46.5 Å². The summed E-state index contributed by atoms with van der Waals surface area (Å²) in [6.07, 6.45) is 12.8. The fourth-order valence-electron chi connectivity index (χ4n) is 6.69. The van der Waals surface area contributed by atoms with Crippen LogP contribution < -0.4 is 16.4 Å². The van der Waals surface area contributed by atoms with Crippen LogP contribution in [0.25, 0.3) is 0 Å². The number of nitrogens with zero attached hydrogens (tertiary/aromatic N) is 3. The normalized spacial score (nSPS) is 26.9. The summed E-state index contributed by atoms with van der Waals surface area (Å²) in [6, 6.07) is 1.21. The molecular weight excluding hydrogens is 1490 g/mol. The van der Waals surface area contributed by atoms with Gasteiger partial charge in [0.05, 0.1) is 6.04 Å². The average Bonchev–Trinajstić information content (AvgIpc) is 3.88. The van der Waals surface area contributed by atoms with E-state index in [0.717, 1.165) is 32.0 Å². The molecule has 0 aromatic rings. The largest absolute Gasteiger partial charge is 0.521 e. The number of nitrogens with two attached hydrogens (primary N) is 1. The maximum absolute atomic E-state index is 11.4. The van der Waals surface area contributed by atoms with E-state index in [1.807, 2.05) is 41.8 Å². The number of likely N-dealkylation sites (N-methyl/N-ethyl adjacent to an activating group) is 2. The number of carbonyl (C=O) groups is 7. The Hall–Kier alpha value is 3.99. The van der Waals surface area contributed by atoms with Gasteiger partial charge in [-0.25, -0.2) is 0 Å². The number of carbonyl (C=O) groups excluding carboxylic acids is 7. The molecule has 4 aliphatic heterocycles. The second-order valence-corrected chi connectivity index (χ2v) is 18.5. The predicted molar refractivity (Wildman–Crippen MR) is 291 cm³/mol. The summed E-state index contributed by atoms with van der Waals surface area (Å²) in [5.41, 5.74) is 4.04. The molecule has 13 nitrogen and oxygen atoms in total. The third-order valence-electron chi connectivity index (χ3n) is 12.9. The molecule has 0 amide bonds. The SMILES string of the molecule is C=[C-]C.CC(=O)C(C)N.CC(=O)C1(C)C[C-](C)C(C)N1.CC(=O)C1(C)C[C-](C)C(C)N1C.CC(=O)C1(C)C[CH-]C(C)N1.CC(=O)C1(C)C[CH-]C(C)N1C.CC=NC(C)C(C)=O.CC=O.I.[CH-]=C.[Y].[Y].[Y].[Y].[Y].[Y]. The molecule has 0 aromatic carbocycles. The zero-order chi connectivity index (χ0) is 53.7. The maximum Gasteiger partial charge on any atom is 0.153 e. The van der Waals surface area contributed by atoms with E-state index in [9.17, 15) is 28.8 Å². The molecule has 4 heterocycles. The molecule has 6 radical (unpaired) electrons. The Kier molecular flexibility index (Phi) is 79.6. The standard InChI is InChI=1S/C10H18NO.2C9H16NO.C8H14NO.C6H11NO.C4H9NO.C3H5.C2H4O.C2H3.HI.6Y/c1-7-6-10(4,9(3)12)11(5)8(7)2;1-7-5-6-9(3,8(2)11)10(7)4;1-6-5-9(4,8(3)11)10-7(6)2;1-6-4-5-8(3,9-6)7(2)10;1-4-7-5(2)6(3)8;1-3(5)4(2)6;1-3-2;1-2-3;1-2;;;;;;;/h8H,6H2,1-5H3;5,7H,6H2,1-4H3;7,10H,5H2,1-4H3;4,6,9H,5H2,1-3H3;4-5H,1-3H3;3H,5H2,1-2H3;1H2,2H3;2H,1H3;1H,2H2;1H;;;;;;/q4*-1;;;-1;;-1;;;;;;;. The van der Waals surface area contributed by atoms with Crippen molar-refractivity contribution in [3.05, 3.63) is 50.5 Å². The van der Waals surface area contributed by atoms with Gasteiger partial charge >= 0.3 is 0 Å². The van der Waals surface area contributed by atoms with Gasteiger partial charge in [-0.3, -0.25) is 58.8 Å². The topological polar surface area (TPSA) is 188 Å². The fraction of sp³-hybridized carbons (Fsp3) is 0.698. The van der Waals surface area contributed by atoms with E-state index in [2.05, 4.69) is 106 Å². The number of hydrogen-bond acceptors (Lipinski definition) is 13. The summed E-state index contributed by atoms with van der Waals surface area (Å²) in [4.78, 5) is 82.3. The molecular formula is C53H97IN6O7Y6-6. The third kappa shape index (κ3) is 42.5. The molecule has 0 bridgehead atoms. The summed E-state index contributed by atoms with van der Waals surface area (Å²) in [7, 11) is 4.04. The van der Waals surface area contributed by atoms with Crippen LogP contribution in [0.2, 0.25) is 0 Å². The van der Waals surface area contributed by atoms with Gasteiger partial charge < -0.3 is 56.5 Å². The van der Waals surface area contributed by atoms with Crippen LogP contribution in [0.1, 0.15) is 171 Å². The molecule has 20 heteroatoms. The minimum atomic E-state index is -0.288. The second-order valence-electron chi connectivity index (χ2n) is 18.5. The van der Waals surface area contributed by atoms with Gasteiger partial charge in [0.2, 0.25) is 0 Å². The van der Waals surface area contributed by atoms with Crippen LogP contribution in [0.15, 0.2) is 18.2 Å². The van der Waals surface area contributed by atoms with Gasteiger partial charge in [-0.1, -0.05) is 27.7 Å². The molecule has 412 valence electrons. The molecule has 4 fully saturated rings. The van der Waals surface area contributed by atoms with E-state index >= 15 is 0 Å². The number of aliphatic imine (C=N–C) groups is 1. The number of aldehydes is 1. The van der Waals surface area contributed by atoms with Crippen molar-refractivity contribution in [2.24, 2.45) is 10.7 Å². The molecule has 73 heavy (non-hydrogen) atoms. The Bertz CT molecular complexity index is 1540. The number of hydrogen-bond donors (Lipinski definition) is 3. The fourth-order valence-corrected chi connectivity index (χ4v) is 6.69. The number of allylic oxidation sites excluding steroid dienone is 1. The van der Waals surface area contributed by atoms with Crippen molar-refractivity contribution in [3.63, 3.8) is 0 Å². The molecule has 4 aliphatic rings. The Balaban J connectivity index is -0.0000000588. The molecule has 10 unspecified atom stereocenters. The zero-order valence-corrected chi connectivity index (χ0v) is 69.1. The first-order valence-electron chi connectivity index (χ1n) is 22.9. The minimum absolute atomic E-state index is 0. The molecule has 4 saturated heterocycles. The Morgan fingerprint density at radius 3 is 1.21 bits per heavy atom. The summed E-state index contributed by atoms with van der Waals surface area (Å²) in [5, 5.41) is 6.52. The van der Waals surface area contributed by atoms with Crippen LogP contribution in [0.3, 0.4) is 0 Å². The Labute approximate surface area is 616 Å². The monoisotopic (exact) mass is 1590 g/mol. The number of halogens is 1. The van der Waals surface area contributed by atoms with E-state index < -0.39 is 0 Å². The molecule has 4 rings (SSSR count). The third-order valence-corrected chi connectivity index (χ3v) is 12.9. The van der Waals surface area contributed by atoms with Crippen molar-refractivity contribution >= 4 is 71.2 Å². The van der Waals surface area contributed by atoms with Gasteiger partial charge in [0.25, 0.3) is 0 Å². The number of rotatable bonds is 7. The minimum Gasteiger partial charge on any atom is -0.521 e. The van der Waals surface area contributed by atoms with E-state index in [0.29, 0.717) is 24.2 Å². The van der Waals surface area contributed by atoms with Crippen molar-refractivity contribution in [3.8, 4) is 0 Å². The van der Waals surface area contributed by atoms with Crippen molar-refractivity contribution in [2.75, 3.05) is 14.1 Å². The summed E-state index contributed by atoms with van der Waals surface area (Å²) < 4.78 is 0. The summed E-state index contributed by atoms with van der Waals surface area (Å²) in [6.45, 7) is 49.0. The molecule has 0 aliphatic carbocycles. The molecule has 10 atom stereocenters. The first-order valence-corrected chi connectivity index (χ1v) is 22.9. The van der Waals surface area contributed by atoms with Gasteiger partial charge in [0, 0.05) is 218 Å². The number of ketones is 6. The quantitative estimate of drug-likeness (QED) is 0.0956. The van der Waals surface area contributed by atoms with E-state index in [1.165, 1.54) is 32.6 Å². The molecule has 0 spiro atoms. The predicted octanol–water partition coefficient (Wildman–Crippen LogP) is 8.53. The Morgan fingerprint density at radius 2 is 1.08 bits per heavy atom. The van der Waals surface area contributed by atoms with Crippen LogP contribution in [0, 0.1) is 37.3 Å². The zero-order valence-electron chi connectivity index (χ0n) is 49.7. The van der Waals surface area contributed by atoms with Gasteiger partial charge in [0.15, 0.2) is 5.78 Å². The first-order chi connectivity index (χ1) is 30.0. The average molecular weight is 1590 g/mol. The number of Topliss-reactive ketones (excluding diaryl/α,β-unsaturated/α-hetero) is 6. The smallest absolute Gasteiger partial charge is 0.153 e. The van der Waals surface area contributed by atoms with Crippen molar-refractivity contribution < 1.29 is 230 Å². The van der Waals surface area contributed by atoms with Crippen LogP contribution in [-0.2, 0) is 230 Å². The van der Waals surface area contributed by atoms with Crippen molar-refractivity contribution in [1.82, 2.24) is 20.4 Å². The van der Waals surface area contributed by atoms with E-state index in [1.54, 1.807) is 61.6 Å². The van der Waals surface area contributed by atoms with Crippen LogP contribution >= 0.6 is 24.0 Å². The van der Waals surface area contributed by atoms with Crippen LogP contribution in [-0.4, -0.2) is 130 Å². The summed E-state index contributed by atoms with van der Waals surface area (Å²) >= 11 is 0. The number of likely N-dealkylation sites (tertiary alicyclic amines) is 2. The first kappa shape index (κ1) is 105. The van der Waals surface area contributed by atoms with Crippen molar-refractivity contribution in [2.45, 2.75) is 229 Å². The number of nitrogens with one attached hydrogen (secondary N) is 2. The second kappa shape index (κ2) is 55.2. The van der Waals surface area contributed by atoms with Crippen LogP contribution in [0.5, 0.6) is 0 Å².